The van der Waals surface area contributed by atoms with Crippen molar-refractivity contribution in [3.05, 3.63) is 30.3 Å². The number of piperazine rings is 1. The summed E-state index contributed by atoms with van der Waals surface area (Å²) < 4.78 is 23.7. The maximum absolute atomic E-state index is 13.3. The first-order chi connectivity index (χ1) is 11.5. The Morgan fingerprint density at radius 3 is 2.62 bits per heavy atom. The van der Waals surface area contributed by atoms with Gasteiger partial charge in [-0.2, -0.15) is 0 Å². The molecule has 0 aromatic heterocycles. The molecular weight excluding hydrogens is 329 g/mol. The fourth-order valence-electron chi connectivity index (χ4n) is 2.52. The minimum atomic E-state index is -3.24. The fourth-order valence-corrected chi connectivity index (χ4v) is 4.50. The third-order valence-corrected chi connectivity index (χ3v) is 5.94. The molecule has 0 spiro atoms. The van der Waals surface area contributed by atoms with Crippen LogP contribution in [0.3, 0.4) is 0 Å². The summed E-state index contributed by atoms with van der Waals surface area (Å²) in [7, 11) is -1.93. The van der Waals surface area contributed by atoms with Gasteiger partial charge in [-0.15, -0.1) is 0 Å². The average Bonchev–Trinajstić information content (AvgIpc) is 2.61. The van der Waals surface area contributed by atoms with Crippen molar-refractivity contribution in [2.75, 3.05) is 46.0 Å². The van der Waals surface area contributed by atoms with Gasteiger partial charge < -0.3 is 19.5 Å². The van der Waals surface area contributed by atoms with Crippen LogP contribution in [-0.4, -0.2) is 62.9 Å². The Bertz CT molecular complexity index is 564. The van der Waals surface area contributed by atoms with Gasteiger partial charge in [-0.1, -0.05) is 18.2 Å². The lowest BCUT2D eigenvalue weighted by molar-refractivity contribution is -0.142. The third kappa shape index (κ3) is 5.91. The summed E-state index contributed by atoms with van der Waals surface area (Å²) >= 11 is 0. The molecule has 24 heavy (non-hydrogen) atoms. The van der Waals surface area contributed by atoms with Crippen LogP contribution < -0.4 is 14.9 Å². The van der Waals surface area contributed by atoms with Gasteiger partial charge in [0, 0.05) is 32.7 Å². The topological polar surface area (TPSA) is 79.9 Å². The number of methoxy groups -OCH3 is 1. The van der Waals surface area contributed by atoms with E-state index in [-0.39, 0.29) is 0 Å². The lowest BCUT2D eigenvalue weighted by atomic mass is 10.3. The van der Waals surface area contributed by atoms with Crippen molar-refractivity contribution >= 4 is 13.5 Å². The number of rotatable bonds is 8. The lowest BCUT2D eigenvalue weighted by Crippen LogP contribution is -2.45. The summed E-state index contributed by atoms with van der Waals surface area (Å²) in [5.74, 6) is 0.0553. The van der Waals surface area contributed by atoms with Crippen molar-refractivity contribution in [3.8, 4) is 5.75 Å². The molecule has 1 aliphatic rings. The molecule has 2 N–H and O–H groups in total. The van der Waals surface area contributed by atoms with Gasteiger partial charge in [-0.25, -0.2) is 5.09 Å². The van der Waals surface area contributed by atoms with E-state index >= 15 is 0 Å². The van der Waals surface area contributed by atoms with E-state index in [1.54, 1.807) is 19.1 Å². The van der Waals surface area contributed by atoms with E-state index in [4.69, 9.17) is 9.26 Å². The Balaban J connectivity index is 2.04. The number of para-hydroxylation sites is 1. The smallest absolute Gasteiger partial charge is 0.323 e. The largest absolute Gasteiger partial charge is 0.468 e. The first kappa shape index (κ1) is 18.9. The maximum atomic E-state index is 13.3. The summed E-state index contributed by atoms with van der Waals surface area (Å²) in [4.78, 5) is 13.9. The molecule has 8 heteroatoms. The van der Waals surface area contributed by atoms with E-state index in [0.717, 1.165) is 26.2 Å². The maximum Gasteiger partial charge on any atom is 0.323 e. The van der Waals surface area contributed by atoms with Crippen LogP contribution in [0.4, 0.5) is 0 Å². The summed E-state index contributed by atoms with van der Waals surface area (Å²) in [6.07, 6.45) is 0.323. The Morgan fingerprint density at radius 1 is 1.33 bits per heavy atom. The van der Waals surface area contributed by atoms with Crippen molar-refractivity contribution in [3.63, 3.8) is 0 Å². The van der Waals surface area contributed by atoms with Crippen LogP contribution in [0, 0.1) is 0 Å². The van der Waals surface area contributed by atoms with Gasteiger partial charge in [0.05, 0.1) is 13.3 Å². The molecule has 1 heterocycles. The van der Waals surface area contributed by atoms with Crippen LogP contribution >= 0.6 is 7.52 Å². The van der Waals surface area contributed by atoms with Crippen molar-refractivity contribution in [1.82, 2.24) is 15.3 Å². The van der Waals surface area contributed by atoms with Crippen LogP contribution in [0.15, 0.2) is 30.3 Å². The second-order valence-electron chi connectivity index (χ2n) is 5.77. The highest BCUT2D eigenvalue weighted by atomic mass is 31.2. The molecule has 134 valence electrons. The first-order valence-electron chi connectivity index (χ1n) is 8.15. The number of ether oxygens (including phenoxy) is 1. The number of nitrogens with one attached hydrogen (secondary N) is 2. The predicted molar refractivity (Wildman–Crippen MR) is 93.5 cm³/mol. The second-order valence-corrected chi connectivity index (χ2v) is 8.00. The first-order valence-corrected chi connectivity index (χ1v) is 9.96. The monoisotopic (exact) mass is 355 g/mol. The van der Waals surface area contributed by atoms with Gasteiger partial charge in [0.15, 0.2) is 0 Å². The molecule has 2 atom stereocenters. The molecule has 0 radical (unpaired) electrons. The molecule has 1 aromatic rings. The molecule has 1 saturated heterocycles. The zero-order chi connectivity index (χ0) is 17.4. The molecule has 1 unspecified atom stereocenters. The molecule has 1 aliphatic heterocycles. The molecule has 0 amide bonds. The van der Waals surface area contributed by atoms with Gasteiger partial charge in [0.2, 0.25) is 0 Å². The minimum absolute atomic E-state index is 0.323. The highest BCUT2D eigenvalue weighted by Crippen LogP contribution is 2.43. The zero-order valence-electron chi connectivity index (χ0n) is 14.2. The van der Waals surface area contributed by atoms with E-state index in [1.807, 2.05) is 18.2 Å². The second kappa shape index (κ2) is 9.18. The zero-order valence-corrected chi connectivity index (χ0v) is 15.1. The number of hydrogen-bond acceptors (Lipinski definition) is 6. The SMILES string of the molecule is COC(=O)[C@H](C)NP(=O)(CCN1CCNCC1)Oc1ccccc1. The molecule has 0 bridgehead atoms. The van der Waals surface area contributed by atoms with E-state index in [0.29, 0.717) is 18.5 Å². The Hall–Kier alpha value is -1.40. The van der Waals surface area contributed by atoms with Crippen molar-refractivity contribution in [2.24, 2.45) is 0 Å². The average molecular weight is 355 g/mol. The molecule has 1 aromatic carbocycles. The number of hydrogen-bond donors (Lipinski definition) is 2. The van der Waals surface area contributed by atoms with Crippen LogP contribution in [0.25, 0.3) is 0 Å². The van der Waals surface area contributed by atoms with Gasteiger partial charge in [0.25, 0.3) is 0 Å². The summed E-state index contributed by atoms with van der Waals surface area (Å²) in [6, 6.07) is 8.30. The molecule has 7 nitrogen and oxygen atoms in total. The quantitative estimate of drug-likeness (QED) is 0.538. The van der Waals surface area contributed by atoms with Crippen LogP contribution in [0.1, 0.15) is 6.92 Å². The highest BCUT2D eigenvalue weighted by Gasteiger charge is 2.30. The van der Waals surface area contributed by atoms with Crippen LogP contribution in [-0.2, 0) is 14.1 Å². The molecular formula is C16H26N3O4P. The number of carbonyl (C=O) groups excluding carboxylic acids is 1. The van der Waals surface area contributed by atoms with Gasteiger partial charge in [-0.3, -0.25) is 9.36 Å². The normalized spacial score (nSPS) is 19.2. The Kier molecular flexibility index (Phi) is 7.24. The standard InChI is InChI=1S/C16H26N3O4P/c1-14(16(20)22-2)18-24(21,23-15-6-4-3-5-7-15)13-12-19-10-8-17-9-11-19/h3-7,14,17H,8-13H2,1-2H3,(H,18,21)/t14-,24?/m0/s1. The van der Waals surface area contributed by atoms with Crippen LogP contribution in [0.2, 0.25) is 0 Å². The fraction of sp³-hybridized carbons (Fsp3) is 0.562. The Morgan fingerprint density at radius 2 is 2.00 bits per heavy atom. The summed E-state index contributed by atoms with van der Waals surface area (Å²) in [5, 5.41) is 6.14. The highest BCUT2D eigenvalue weighted by molar-refractivity contribution is 7.57. The number of nitrogens with zero attached hydrogens (tertiary/aromatic N) is 1. The molecule has 1 fully saturated rings. The van der Waals surface area contributed by atoms with E-state index < -0.39 is 19.5 Å². The summed E-state index contributed by atoms with van der Waals surface area (Å²) in [5.41, 5.74) is 0. The number of esters is 1. The van der Waals surface area contributed by atoms with Gasteiger partial charge >= 0.3 is 13.5 Å². The van der Waals surface area contributed by atoms with Gasteiger partial charge in [-0.05, 0) is 19.1 Å². The van der Waals surface area contributed by atoms with E-state index in [9.17, 15) is 9.36 Å². The van der Waals surface area contributed by atoms with Crippen molar-refractivity contribution in [1.29, 1.82) is 0 Å². The molecule has 0 saturated carbocycles. The number of benzene rings is 1. The van der Waals surface area contributed by atoms with Crippen molar-refractivity contribution < 1.29 is 18.6 Å². The predicted octanol–water partition coefficient (Wildman–Crippen LogP) is 1.31. The minimum Gasteiger partial charge on any atom is -0.468 e. The van der Waals surface area contributed by atoms with Crippen molar-refractivity contribution in [2.45, 2.75) is 13.0 Å². The number of carbonyl (C=O) groups is 1. The third-order valence-electron chi connectivity index (χ3n) is 3.86. The van der Waals surface area contributed by atoms with Gasteiger partial charge in [0.1, 0.15) is 11.8 Å². The summed E-state index contributed by atoms with van der Waals surface area (Å²) in [6.45, 7) is 5.95. The van der Waals surface area contributed by atoms with E-state index in [2.05, 4.69) is 15.3 Å². The molecule has 0 aliphatic carbocycles. The van der Waals surface area contributed by atoms with E-state index in [1.165, 1.54) is 7.11 Å². The lowest BCUT2D eigenvalue weighted by Gasteiger charge is -2.29. The van der Waals surface area contributed by atoms with Crippen LogP contribution in [0.5, 0.6) is 5.75 Å². The Labute approximate surface area is 143 Å². The molecule has 2 rings (SSSR count).